The lowest BCUT2D eigenvalue weighted by atomic mass is 10.0. The van der Waals surface area contributed by atoms with Gasteiger partial charge in [-0.25, -0.2) is 0 Å². The number of hydrogen-bond acceptors (Lipinski definition) is 1. The molecule has 3 nitrogen and oxygen atoms in total. The van der Waals surface area contributed by atoms with Crippen molar-refractivity contribution in [3.63, 3.8) is 0 Å². The van der Waals surface area contributed by atoms with Crippen LogP contribution < -0.4 is 0 Å². The Kier molecular flexibility index (Phi) is 23.0. The van der Waals surface area contributed by atoms with Crippen LogP contribution in [-0.4, -0.2) is 14.7 Å². The minimum Gasteiger partial charge on any atom is -0.325 e. The van der Waals surface area contributed by atoms with E-state index in [1.807, 2.05) is 0 Å². The Morgan fingerprint density at radius 3 is 0.739 bits per heavy atom. The average molecular weight is 369 g/mol. The van der Waals surface area contributed by atoms with Crippen LogP contribution >= 0.6 is 6.72 Å². The lowest BCUT2D eigenvalue weighted by Crippen LogP contribution is -1.83. The molecule has 0 radical (unpaired) electrons. The number of hydrogen-bond donors (Lipinski definition) is 3. The van der Waals surface area contributed by atoms with Gasteiger partial charge in [0, 0.05) is 0 Å². The van der Waals surface area contributed by atoms with Crippen LogP contribution in [0.5, 0.6) is 0 Å². The molecule has 0 fully saturated rings. The van der Waals surface area contributed by atoms with Crippen LogP contribution in [0.15, 0.2) is 0 Å². The standard InChI is InChI=1S/C18H38.H3O3PS/c1-3-5-7-9-11-13-15-17-18-16-14-12-10-8-6-4-2;1-4(2,3)5/h3-18H2,1-2H3;(H3,1,2,3,5). The summed E-state index contributed by atoms with van der Waals surface area (Å²) in [4.78, 5) is 22.7. The molecule has 0 saturated carbocycles. The van der Waals surface area contributed by atoms with Gasteiger partial charge in [0.25, 0.3) is 0 Å². The smallest absolute Gasteiger partial charge is 0.319 e. The van der Waals surface area contributed by atoms with Crippen molar-refractivity contribution in [3.05, 3.63) is 0 Å². The van der Waals surface area contributed by atoms with Crippen molar-refractivity contribution >= 4 is 18.5 Å². The van der Waals surface area contributed by atoms with E-state index in [9.17, 15) is 0 Å². The molecule has 0 aliphatic carbocycles. The fourth-order valence-electron chi connectivity index (χ4n) is 2.62. The quantitative estimate of drug-likeness (QED) is 0.229. The van der Waals surface area contributed by atoms with Gasteiger partial charge in [-0.15, -0.1) is 0 Å². The summed E-state index contributed by atoms with van der Waals surface area (Å²) in [5.41, 5.74) is 0. The molecule has 3 N–H and O–H groups in total. The van der Waals surface area contributed by atoms with E-state index in [1.54, 1.807) is 0 Å². The molecule has 0 bridgehead atoms. The summed E-state index contributed by atoms with van der Waals surface area (Å²) in [6.07, 6.45) is 23.4. The van der Waals surface area contributed by atoms with E-state index in [0.717, 1.165) is 0 Å². The van der Waals surface area contributed by atoms with E-state index in [2.05, 4.69) is 25.7 Å². The van der Waals surface area contributed by atoms with Crippen LogP contribution in [0.4, 0.5) is 0 Å². The maximum absolute atomic E-state index is 7.56. The first-order valence-corrected chi connectivity index (χ1v) is 12.4. The van der Waals surface area contributed by atoms with E-state index in [0.29, 0.717) is 0 Å². The van der Waals surface area contributed by atoms with Crippen LogP contribution in [0.25, 0.3) is 0 Å². The summed E-state index contributed by atoms with van der Waals surface area (Å²) in [5, 5.41) is 0. The van der Waals surface area contributed by atoms with E-state index >= 15 is 0 Å². The van der Waals surface area contributed by atoms with Gasteiger partial charge in [-0.2, -0.15) is 0 Å². The highest BCUT2D eigenvalue weighted by Gasteiger charge is 1.94. The van der Waals surface area contributed by atoms with Crippen molar-refractivity contribution < 1.29 is 14.7 Å². The summed E-state index contributed by atoms with van der Waals surface area (Å²) < 4.78 is 0. The monoisotopic (exact) mass is 368 g/mol. The van der Waals surface area contributed by atoms with Crippen LogP contribution in [0.1, 0.15) is 117 Å². The van der Waals surface area contributed by atoms with Gasteiger partial charge in [-0.3, -0.25) is 0 Å². The van der Waals surface area contributed by atoms with Gasteiger partial charge < -0.3 is 14.7 Å². The molecule has 0 spiro atoms. The third kappa shape index (κ3) is 39.4. The highest BCUT2D eigenvalue weighted by molar-refractivity contribution is 8.06. The van der Waals surface area contributed by atoms with Crippen LogP contribution in [0, 0.1) is 0 Å². The second-order valence-corrected chi connectivity index (χ2v) is 8.96. The minimum absolute atomic E-state index is 1.37. The van der Waals surface area contributed by atoms with Gasteiger partial charge in [0.15, 0.2) is 0 Å². The molecule has 0 amide bonds. The summed E-state index contributed by atoms with van der Waals surface area (Å²) in [7, 11) is 0. The van der Waals surface area contributed by atoms with Crippen molar-refractivity contribution in [1.82, 2.24) is 0 Å². The molecule has 0 aliphatic rings. The van der Waals surface area contributed by atoms with Gasteiger partial charge in [-0.05, 0) is 11.8 Å². The highest BCUT2D eigenvalue weighted by atomic mass is 32.5. The third-order valence-electron chi connectivity index (χ3n) is 3.96. The lowest BCUT2D eigenvalue weighted by Gasteiger charge is -2.03. The second-order valence-electron chi connectivity index (χ2n) is 6.46. The molecule has 142 valence electrons. The summed E-state index contributed by atoms with van der Waals surface area (Å²) in [6, 6.07) is 0. The molecular formula is C18H41O3PS. The molecule has 0 aromatic heterocycles. The van der Waals surface area contributed by atoms with Crippen molar-refractivity contribution in [1.29, 1.82) is 0 Å². The first-order valence-electron chi connectivity index (χ1n) is 9.70. The van der Waals surface area contributed by atoms with E-state index in [-0.39, 0.29) is 0 Å². The zero-order valence-electron chi connectivity index (χ0n) is 15.5. The zero-order chi connectivity index (χ0) is 17.8. The van der Waals surface area contributed by atoms with Gasteiger partial charge in [0.05, 0.1) is 0 Å². The third-order valence-corrected chi connectivity index (χ3v) is 3.96. The van der Waals surface area contributed by atoms with Crippen molar-refractivity contribution in [2.75, 3.05) is 0 Å². The maximum atomic E-state index is 7.56. The Hall–Kier alpha value is 0.530. The molecule has 0 atom stereocenters. The Morgan fingerprint density at radius 2 is 0.609 bits per heavy atom. The zero-order valence-corrected chi connectivity index (χ0v) is 17.2. The molecule has 0 aliphatic heterocycles. The van der Waals surface area contributed by atoms with Gasteiger partial charge in [0.2, 0.25) is 0 Å². The Balaban J connectivity index is 0. The fraction of sp³-hybridized carbons (Fsp3) is 1.00. The molecule has 0 aromatic carbocycles. The molecule has 0 unspecified atom stereocenters. The van der Waals surface area contributed by atoms with E-state index in [1.165, 1.54) is 103 Å². The van der Waals surface area contributed by atoms with Crippen LogP contribution in [0.3, 0.4) is 0 Å². The number of rotatable bonds is 15. The first kappa shape index (κ1) is 25.8. The average Bonchev–Trinajstić information content (AvgIpc) is 2.46. The van der Waals surface area contributed by atoms with E-state index < -0.39 is 6.72 Å². The van der Waals surface area contributed by atoms with E-state index in [4.69, 9.17) is 14.7 Å². The van der Waals surface area contributed by atoms with Crippen molar-refractivity contribution in [3.8, 4) is 0 Å². The SMILES string of the molecule is CCCCCCCCCCCCCCCCCC.OP(O)(O)=S. The molecule has 0 aromatic rings. The van der Waals surface area contributed by atoms with Gasteiger partial charge in [0.1, 0.15) is 0 Å². The molecule has 23 heavy (non-hydrogen) atoms. The minimum atomic E-state index is -3.81. The maximum Gasteiger partial charge on any atom is 0.319 e. The molecule has 5 heteroatoms. The number of unbranched alkanes of at least 4 members (excludes halogenated alkanes) is 15. The second kappa shape index (κ2) is 20.6. The molecule has 0 saturated heterocycles. The van der Waals surface area contributed by atoms with Gasteiger partial charge in [-0.1, -0.05) is 117 Å². The Morgan fingerprint density at radius 1 is 0.478 bits per heavy atom. The van der Waals surface area contributed by atoms with Gasteiger partial charge >= 0.3 is 6.72 Å². The summed E-state index contributed by atoms with van der Waals surface area (Å²) in [5.74, 6) is 0. The first-order chi connectivity index (χ1) is 10.9. The summed E-state index contributed by atoms with van der Waals surface area (Å²) in [6.45, 7) is 0.782. The van der Waals surface area contributed by atoms with Crippen molar-refractivity contribution in [2.45, 2.75) is 117 Å². The fourth-order valence-corrected chi connectivity index (χ4v) is 2.62. The predicted molar refractivity (Wildman–Crippen MR) is 106 cm³/mol. The van der Waals surface area contributed by atoms with Crippen molar-refractivity contribution in [2.24, 2.45) is 0 Å². The van der Waals surface area contributed by atoms with Crippen LogP contribution in [0.2, 0.25) is 0 Å². The topological polar surface area (TPSA) is 60.7 Å². The lowest BCUT2D eigenvalue weighted by molar-refractivity contribution is 0.363. The normalized spacial score (nSPS) is 11.2. The predicted octanol–water partition coefficient (Wildman–Crippen LogP) is 6.46. The molecular weight excluding hydrogens is 327 g/mol. The summed E-state index contributed by atoms with van der Waals surface area (Å²) >= 11 is 3.60. The Bertz CT molecular complexity index is 232. The molecule has 0 rings (SSSR count). The van der Waals surface area contributed by atoms with Crippen LogP contribution in [-0.2, 0) is 11.8 Å². The molecule has 0 heterocycles. The Labute approximate surface area is 150 Å². The largest absolute Gasteiger partial charge is 0.325 e. The highest BCUT2D eigenvalue weighted by Crippen LogP contribution is 2.26.